The number of anilines is 2. The first-order chi connectivity index (χ1) is 23.3. The van der Waals surface area contributed by atoms with E-state index in [9.17, 15) is 9.59 Å². The number of ether oxygens (including phenoxy) is 3. The summed E-state index contributed by atoms with van der Waals surface area (Å²) >= 11 is 12.3. The Hall–Kier alpha value is -4.72. The molecule has 15 heteroatoms. The van der Waals surface area contributed by atoms with Crippen molar-refractivity contribution in [1.29, 1.82) is 0 Å². The maximum Gasteiger partial charge on any atom is 0.358 e. The highest BCUT2D eigenvalue weighted by Crippen LogP contribution is 2.29. The predicted octanol–water partition coefficient (Wildman–Crippen LogP) is 4.75. The summed E-state index contributed by atoms with van der Waals surface area (Å²) in [5.41, 5.74) is 2.43. The summed E-state index contributed by atoms with van der Waals surface area (Å²) in [6.45, 7) is 3.21. The number of nitrogens with zero attached hydrogens (tertiary/aromatic N) is 6. The van der Waals surface area contributed by atoms with Crippen molar-refractivity contribution >= 4 is 46.7 Å². The van der Waals surface area contributed by atoms with Crippen molar-refractivity contribution in [2.24, 2.45) is 5.84 Å². The van der Waals surface area contributed by atoms with Crippen molar-refractivity contribution in [2.75, 3.05) is 43.1 Å². The van der Waals surface area contributed by atoms with Gasteiger partial charge >= 0.3 is 5.97 Å². The minimum absolute atomic E-state index is 0.122. The number of carbonyl (C=O) groups is 2. The molecule has 4 heterocycles. The number of piperidine rings is 2. The van der Waals surface area contributed by atoms with E-state index >= 15 is 0 Å². The Bertz CT molecular complexity index is 1530. The van der Waals surface area contributed by atoms with Crippen molar-refractivity contribution in [2.45, 2.75) is 37.9 Å². The summed E-state index contributed by atoms with van der Waals surface area (Å²) in [6, 6.07) is 21.8. The fraction of sp³-hybridized carbons (Fsp3) is 0.333. The van der Waals surface area contributed by atoms with Gasteiger partial charge in [-0.05, 0) is 48.5 Å². The van der Waals surface area contributed by atoms with Crippen LogP contribution >= 0.6 is 23.2 Å². The van der Waals surface area contributed by atoms with Gasteiger partial charge in [-0.3, -0.25) is 10.2 Å². The SMILES string of the molecule is COC(=O)c1ccc(N2CCC(Oc3ccccc3Cl)CC2)nn1.NNC(=O)c1ccc(N2CCC(Oc3ccccc3Cl)CC2)nn1. The molecule has 4 aromatic rings. The van der Waals surface area contributed by atoms with Crippen molar-refractivity contribution in [3.63, 3.8) is 0 Å². The smallest absolute Gasteiger partial charge is 0.358 e. The molecular weight excluding hydrogens is 659 g/mol. The van der Waals surface area contributed by atoms with Gasteiger partial charge in [0.1, 0.15) is 23.7 Å². The van der Waals surface area contributed by atoms with Crippen LogP contribution in [0.1, 0.15) is 46.7 Å². The molecule has 3 N–H and O–H groups in total. The third-order valence-electron chi connectivity index (χ3n) is 7.85. The monoisotopic (exact) mass is 694 g/mol. The first-order valence-electron chi connectivity index (χ1n) is 15.4. The second kappa shape index (κ2) is 16.9. The second-order valence-corrected chi connectivity index (χ2v) is 11.8. The number of benzene rings is 2. The summed E-state index contributed by atoms with van der Waals surface area (Å²) in [4.78, 5) is 27.0. The largest absolute Gasteiger partial charge is 0.489 e. The van der Waals surface area contributed by atoms with Crippen LogP contribution in [0.25, 0.3) is 0 Å². The molecule has 0 saturated carbocycles. The van der Waals surface area contributed by atoms with E-state index in [0.717, 1.165) is 75.0 Å². The van der Waals surface area contributed by atoms with Crippen LogP contribution in [0, 0.1) is 0 Å². The fourth-order valence-corrected chi connectivity index (χ4v) is 5.60. The summed E-state index contributed by atoms with van der Waals surface area (Å²) in [5.74, 6) is 7.05. The third-order valence-corrected chi connectivity index (χ3v) is 8.48. The molecule has 0 spiro atoms. The molecule has 0 atom stereocenters. The molecule has 0 bridgehead atoms. The number of hydrogen-bond acceptors (Lipinski definition) is 12. The number of hydrazine groups is 1. The average molecular weight is 696 g/mol. The molecular formula is C33H36Cl2N8O5. The van der Waals surface area contributed by atoms with E-state index in [0.29, 0.717) is 10.0 Å². The Balaban J connectivity index is 0.000000188. The molecule has 2 aromatic carbocycles. The van der Waals surface area contributed by atoms with Crippen LogP contribution in [-0.4, -0.2) is 77.8 Å². The van der Waals surface area contributed by atoms with Crippen molar-refractivity contribution in [3.8, 4) is 11.5 Å². The number of rotatable bonds is 8. The van der Waals surface area contributed by atoms with Crippen molar-refractivity contribution in [1.82, 2.24) is 25.8 Å². The third kappa shape index (κ3) is 9.21. The van der Waals surface area contributed by atoms with Crippen LogP contribution in [-0.2, 0) is 4.74 Å². The fourth-order valence-electron chi connectivity index (χ4n) is 5.24. The van der Waals surface area contributed by atoms with E-state index in [4.69, 9.17) is 38.5 Å². The lowest BCUT2D eigenvalue weighted by Crippen LogP contribution is -2.39. The molecule has 2 aliphatic rings. The van der Waals surface area contributed by atoms with Gasteiger partial charge in [0.2, 0.25) is 0 Å². The molecule has 0 aliphatic carbocycles. The van der Waals surface area contributed by atoms with Gasteiger partial charge in [0.25, 0.3) is 5.91 Å². The van der Waals surface area contributed by atoms with E-state index in [1.165, 1.54) is 7.11 Å². The quantitative estimate of drug-likeness (QED) is 0.113. The maximum atomic E-state index is 11.4. The van der Waals surface area contributed by atoms with Crippen LogP contribution in [0.3, 0.4) is 0 Å². The van der Waals surface area contributed by atoms with Crippen LogP contribution in [0.2, 0.25) is 10.0 Å². The number of esters is 1. The Morgan fingerprint density at radius 2 is 1.12 bits per heavy atom. The van der Waals surface area contributed by atoms with Gasteiger partial charge in [-0.25, -0.2) is 10.6 Å². The molecule has 252 valence electrons. The van der Waals surface area contributed by atoms with Gasteiger partial charge < -0.3 is 24.0 Å². The lowest BCUT2D eigenvalue weighted by molar-refractivity contribution is 0.0592. The number of amides is 1. The zero-order chi connectivity index (χ0) is 33.9. The predicted molar refractivity (Wildman–Crippen MR) is 182 cm³/mol. The van der Waals surface area contributed by atoms with Gasteiger partial charge in [0.05, 0.1) is 17.2 Å². The molecule has 2 aromatic heterocycles. The molecule has 2 aliphatic heterocycles. The zero-order valence-corrected chi connectivity index (χ0v) is 27.8. The van der Waals surface area contributed by atoms with Gasteiger partial charge in [-0.2, -0.15) is 0 Å². The molecule has 2 saturated heterocycles. The highest BCUT2D eigenvalue weighted by Gasteiger charge is 2.24. The maximum absolute atomic E-state index is 11.4. The van der Waals surface area contributed by atoms with Gasteiger partial charge in [0, 0.05) is 51.9 Å². The Morgan fingerprint density at radius 1 is 0.688 bits per heavy atom. The first-order valence-corrected chi connectivity index (χ1v) is 16.2. The molecule has 48 heavy (non-hydrogen) atoms. The van der Waals surface area contributed by atoms with Gasteiger partial charge in [-0.15, -0.1) is 20.4 Å². The molecule has 13 nitrogen and oxygen atoms in total. The summed E-state index contributed by atoms with van der Waals surface area (Å²) in [7, 11) is 1.32. The van der Waals surface area contributed by atoms with Crippen LogP contribution in [0.4, 0.5) is 11.6 Å². The second-order valence-electron chi connectivity index (χ2n) is 11.0. The van der Waals surface area contributed by atoms with Gasteiger partial charge in [0.15, 0.2) is 23.0 Å². The number of hydrogen-bond donors (Lipinski definition) is 2. The Labute approximate surface area is 288 Å². The van der Waals surface area contributed by atoms with Crippen molar-refractivity contribution < 1.29 is 23.8 Å². The van der Waals surface area contributed by atoms with E-state index in [1.54, 1.807) is 24.3 Å². The number of carbonyl (C=O) groups excluding carboxylic acids is 2. The molecule has 6 rings (SSSR count). The minimum Gasteiger partial charge on any atom is -0.489 e. The van der Waals surface area contributed by atoms with Crippen LogP contribution < -0.4 is 30.5 Å². The number of methoxy groups -OCH3 is 1. The lowest BCUT2D eigenvalue weighted by Gasteiger charge is -2.32. The number of para-hydroxylation sites is 2. The van der Waals surface area contributed by atoms with Crippen LogP contribution in [0.5, 0.6) is 11.5 Å². The van der Waals surface area contributed by atoms with Crippen molar-refractivity contribution in [3.05, 3.63) is 94.2 Å². The number of nitrogens with one attached hydrogen (secondary N) is 1. The topological polar surface area (TPSA) is 158 Å². The lowest BCUT2D eigenvalue weighted by atomic mass is 10.1. The number of aromatic nitrogens is 4. The number of nitrogen functional groups attached to an aromatic ring is 1. The first kappa shape index (κ1) is 34.6. The highest BCUT2D eigenvalue weighted by molar-refractivity contribution is 6.32. The van der Waals surface area contributed by atoms with E-state index < -0.39 is 11.9 Å². The van der Waals surface area contributed by atoms with E-state index in [-0.39, 0.29) is 23.6 Å². The van der Waals surface area contributed by atoms with E-state index in [2.05, 4.69) is 34.9 Å². The van der Waals surface area contributed by atoms with Crippen LogP contribution in [0.15, 0.2) is 72.8 Å². The van der Waals surface area contributed by atoms with E-state index in [1.807, 2.05) is 54.0 Å². The molecule has 1 amide bonds. The highest BCUT2D eigenvalue weighted by atomic mass is 35.5. The summed E-state index contributed by atoms with van der Waals surface area (Å²) in [5, 5.41) is 17.3. The normalized spacial score (nSPS) is 15.2. The zero-order valence-electron chi connectivity index (χ0n) is 26.3. The van der Waals surface area contributed by atoms with Gasteiger partial charge in [-0.1, -0.05) is 47.5 Å². The molecule has 0 radical (unpaired) electrons. The minimum atomic E-state index is -0.485. The summed E-state index contributed by atoms with van der Waals surface area (Å²) in [6.07, 6.45) is 3.70. The molecule has 2 fully saturated rings. The standard InChI is InChI=1S/C17H18ClN3O3.C16H18ClN5O2/c1-23-17(22)14-6-7-16(20-19-14)21-10-8-12(9-11-21)24-15-5-3-2-4-13(15)18;17-12-3-1-2-4-14(12)24-11-7-9-22(10-8-11)15-6-5-13(20-21-15)16(23)19-18/h2-7,12H,8-11H2,1H3;1-6,11H,7-10,18H2,(H,19,23). The Morgan fingerprint density at radius 3 is 1.50 bits per heavy atom. The Kier molecular flexibility index (Phi) is 12.2. The molecule has 0 unspecified atom stereocenters. The summed E-state index contributed by atoms with van der Waals surface area (Å²) < 4.78 is 16.6. The average Bonchev–Trinajstić information content (AvgIpc) is 3.14. The number of halogens is 2. The number of nitrogens with two attached hydrogens (primary N) is 1.